The second kappa shape index (κ2) is 5.47. The molecule has 0 aromatic carbocycles. The van der Waals surface area contributed by atoms with Gasteiger partial charge in [-0.05, 0) is 26.3 Å². The summed E-state index contributed by atoms with van der Waals surface area (Å²) in [6.45, 7) is 7.17. The van der Waals surface area contributed by atoms with Gasteiger partial charge in [-0.1, -0.05) is 11.6 Å². The van der Waals surface area contributed by atoms with Crippen LogP contribution in [0.4, 0.5) is 0 Å². The Balaban J connectivity index is 4.47. The molecule has 0 heterocycles. The first kappa shape index (κ1) is 10.8. The SMILES string of the molecule is C=CC/C(C)=C/C(OC)=C(\C)O. The van der Waals surface area contributed by atoms with E-state index in [1.54, 1.807) is 13.0 Å². The molecule has 0 bridgehead atoms. The zero-order chi connectivity index (χ0) is 9.56. The third-order valence-electron chi connectivity index (χ3n) is 1.42. The molecule has 0 spiro atoms. The van der Waals surface area contributed by atoms with Crippen LogP contribution in [-0.4, -0.2) is 12.2 Å². The van der Waals surface area contributed by atoms with Crippen LogP contribution in [0.15, 0.2) is 35.8 Å². The Kier molecular flexibility index (Phi) is 4.93. The van der Waals surface area contributed by atoms with Crippen molar-refractivity contribution >= 4 is 0 Å². The lowest BCUT2D eigenvalue weighted by Crippen LogP contribution is -1.89. The lowest BCUT2D eigenvalue weighted by atomic mass is 10.2. The third kappa shape index (κ3) is 3.86. The average Bonchev–Trinajstić information content (AvgIpc) is 2.00. The first-order valence-electron chi connectivity index (χ1n) is 3.83. The van der Waals surface area contributed by atoms with Crippen LogP contribution in [0, 0.1) is 0 Å². The van der Waals surface area contributed by atoms with Gasteiger partial charge in [-0.25, -0.2) is 0 Å². The molecule has 0 rings (SSSR count). The van der Waals surface area contributed by atoms with Crippen LogP contribution in [-0.2, 0) is 4.74 Å². The van der Waals surface area contributed by atoms with Crippen molar-refractivity contribution in [3.05, 3.63) is 35.8 Å². The Labute approximate surface area is 73.9 Å². The van der Waals surface area contributed by atoms with Crippen molar-refractivity contribution in [1.82, 2.24) is 0 Å². The number of rotatable bonds is 4. The number of hydrogen-bond acceptors (Lipinski definition) is 2. The van der Waals surface area contributed by atoms with E-state index in [1.165, 1.54) is 7.11 Å². The van der Waals surface area contributed by atoms with E-state index in [2.05, 4.69) is 6.58 Å². The number of aliphatic hydroxyl groups is 1. The van der Waals surface area contributed by atoms with Gasteiger partial charge >= 0.3 is 0 Å². The summed E-state index contributed by atoms with van der Waals surface area (Å²) in [7, 11) is 1.53. The molecule has 0 aliphatic carbocycles. The Morgan fingerprint density at radius 3 is 2.42 bits per heavy atom. The van der Waals surface area contributed by atoms with Crippen LogP contribution in [0.5, 0.6) is 0 Å². The molecule has 12 heavy (non-hydrogen) atoms. The van der Waals surface area contributed by atoms with Crippen LogP contribution in [0.2, 0.25) is 0 Å². The topological polar surface area (TPSA) is 29.5 Å². The van der Waals surface area contributed by atoms with Gasteiger partial charge in [0.25, 0.3) is 0 Å². The number of ether oxygens (including phenoxy) is 1. The van der Waals surface area contributed by atoms with Crippen molar-refractivity contribution in [2.45, 2.75) is 20.3 Å². The summed E-state index contributed by atoms with van der Waals surface area (Å²) >= 11 is 0. The number of aliphatic hydroxyl groups excluding tert-OH is 1. The summed E-state index contributed by atoms with van der Waals surface area (Å²) in [6.07, 6.45) is 4.42. The highest BCUT2D eigenvalue weighted by atomic mass is 16.5. The van der Waals surface area contributed by atoms with Gasteiger partial charge in [0.2, 0.25) is 0 Å². The Hall–Kier alpha value is -1.18. The molecule has 0 aromatic heterocycles. The van der Waals surface area contributed by atoms with E-state index in [1.807, 2.05) is 13.0 Å². The minimum absolute atomic E-state index is 0.195. The standard InChI is InChI=1S/C10H16O2/c1-5-6-8(2)7-10(12-4)9(3)11/h5,7,11H,1,6H2,2-4H3/b8-7+,10-9-. The lowest BCUT2D eigenvalue weighted by Gasteiger charge is -2.03. The summed E-state index contributed by atoms with van der Waals surface area (Å²) in [5.74, 6) is 0.704. The normalized spacial score (nSPS) is 13.8. The van der Waals surface area contributed by atoms with Crippen molar-refractivity contribution < 1.29 is 9.84 Å². The van der Waals surface area contributed by atoms with Crippen LogP contribution < -0.4 is 0 Å². The molecule has 0 fully saturated rings. The highest BCUT2D eigenvalue weighted by molar-refractivity contribution is 5.20. The maximum absolute atomic E-state index is 9.11. The molecule has 2 nitrogen and oxygen atoms in total. The summed E-state index contributed by atoms with van der Waals surface area (Å²) in [6, 6.07) is 0. The van der Waals surface area contributed by atoms with E-state index in [0.29, 0.717) is 5.76 Å². The molecule has 1 N–H and O–H groups in total. The van der Waals surface area contributed by atoms with E-state index in [-0.39, 0.29) is 5.76 Å². The molecule has 0 aliphatic heterocycles. The van der Waals surface area contributed by atoms with Gasteiger partial charge < -0.3 is 9.84 Å². The van der Waals surface area contributed by atoms with Crippen molar-refractivity contribution in [3.8, 4) is 0 Å². The first-order chi connectivity index (χ1) is 5.61. The fraction of sp³-hybridized carbons (Fsp3) is 0.400. The molecular formula is C10H16O2. The van der Waals surface area contributed by atoms with E-state index < -0.39 is 0 Å². The van der Waals surface area contributed by atoms with E-state index in [4.69, 9.17) is 9.84 Å². The highest BCUT2D eigenvalue weighted by Crippen LogP contribution is 2.09. The van der Waals surface area contributed by atoms with Gasteiger partial charge in [-0.3, -0.25) is 0 Å². The molecule has 0 aromatic rings. The van der Waals surface area contributed by atoms with Gasteiger partial charge in [-0.2, -0.15) is 0 Å². The minimum Gasteiger partial charge on any atom is -0.509 e. The van der Waals surface area contributed by atoms with Crippen molar-refractivity contribution in [1.29, 1.82) is 0 Å². The summed E-state index contributed by atoms with van der Waals surface area (Å²) in [4.78, 5) is 0. The first-order valence-corrected chi connectivity index (χ1v) is 3.83. The maximum Gasteiger partial charge on any atom is 0.155 e. The molecule has 0 saturated heterocycles. The van der Waals surface area contributed by atoms with Gasteiger partial charge in [0.15, 0.2) is 5.76 Å². The van der Waals surface area contributed by atoms with Gasteiger partial charge in [-0.15, -0.1) is 6.58 Å². The molecule has 0 unspecified atom stereocenters. The molecule has 0 radical (unpaired) electrons. The van der Waals surface area contributed by atoms with Gasteiger partial charge in [0.05, 0.1) is 7.11 Å². The lowest BCUT2D eigenvalue weighted by molar-refractivity contribution is 0.269. The Morgan fingerprint density at radius 1 is 1.50 bits per heavy atom. The second-order valence-electron chi connectivity index (χ2n) is 2.64. The monoisotopic (exact) mass is 168 g/mol. The van der Waals surface area contributed by atoms with Crippen molar-refractivity contribution in [3.63, 3.8) is 0 Å². The molecule has 0 amide bonds. The Morgan fingerprint density at radius 2 is 2.08 bits per heavy atom. The Bertz CT molecular complexity index is 208. The van der Waals surface area contributed by atoms with Crippen LogP contribution in [0.25, 0.3) is 0 Å². The summed E-state index contributed by atoms with van der Waals surface area (Å²) < 4.78 is 4.95. The third-order valence-corrected chi connectivity index (χ3v) is 1.42. The summed E-state index contributed by atoms with van der Waals surface area (Å²) in [5, 5.41) is 9.11. The molecular weight excluding hydrogens is 152 g/mol. The highest BCUT2D eigenvalue weighted by Gasteiger charge is 1.96. The van der Waals surface area contributed by atoms with Crippen molar-refractivity contribution in [2.75, 3.05) is 7.11 Å². The van der Waals surface area contributed by atoms with Crippen LogP contribution in [0.3, 0.4) is 0 Å². The van der Waals surface area contributed by atoms with Gasteiger partial charge in [0, 0.05) is 0 Å². The largest absolute Gasteiger partial charge is 0.509 e. The van der Waals surface area contributed by atoms with Crippen molar-refractivity contribution in [2.24, 2.45) is 0 Å². The zero-order valence-corrected chi connectivity index (χ0v) is 7.92. The molecule has 0 aliphatic rings. The fourth-order valence-corrected chi connectivity index (χ4v) is 0.821. The van der Waals surface area contributed by atoms with E-state index in [9.17, 15) is 0 Å². The van der Waals surface area contributed by atoms with Crippen LogP contribution >= 0.6 is 0 Å². The smallest absolute Gasteiger partial charge is 0.155 e. The fourth-order valence-electron chi connectivity index (χ4n) is 0.821. The quantitative estimate of drug-likeness (QED) is 0.397. The summed E-state index contributed by atoms with van der Waals surface area (Å²) in [5.41, 5.74) is 1.11. The van der Waals surface area contributed by atoms with Gasteiger partial charge in [0.1, 0.15) is 5.76 Å². The predicted molar refractivity (Wildman–Crippen MR) is 50.9 cm³/mol. The van der Waals surface area contributed by atoms with E-state index >= 15 is 0 Å². The molecule has 68 valence electrons. The molecule has 2 heteroatoms. The molecule has 0 saturated carbocycles. The number of methoxy groups -OCH3 is 1. The maximum atomic E-state index is 9.11. The van der Waals surface area contributed by atoms with E-state index in [0.717, 1.165) is 12.0 Å². The molecule has 0 atom stereocenters. The number of allylic oxidation sites excluding steroid dienone is 4. The second-order valence-corrected chi connectivity index (χ2v) is 2.64. The predicted octanol–water partition coefficient (Wildman–Crippen LogP) is 2.94. The minimum atomic E-state index is 0.195. The average molecular weight is 168 g/mol. The number of hydrogen-bond donors (Lipinski definition) is 1. The van der Waals surface area contributed by atoms with Crippen LogP contribution in [0.1, 0.15) is 20.3 Å². The zero-order valence-electron chi connectivity index (χ0n) is 7.92.